The lowest BCUT2D eigenvalue weighted by Crippen LogP contribution is -2.47. The van der Waals surface area contributed by atoms with Crippen LogP contribution < -0.4 is 0 Å². The summed E-state index contributed by atoms with van der Waals surface area (Å²) >= 11 is 5.82. The Hall–Kier alpha value is -1.49. The summed E-state index contributed by atoms with van der Waals surface area (Å²) in [5, 5.41) is 0. The third-order valence-corrected chi connectivity index (χ3v) is 5.55. The lowest BCUT2D eigenvalue weighted by molar-refractivity contribution is 0.136. The average molecular weight is 393 g/mol. The number of hydrogen-bond donors (Lipinski definition) is 0. The number of halogens is 3. The van der Waals surface area contributed by atoms with Gasteiger partial charge in [0.25, 0.3) is 0 Å². The molecule has 27 heavy (non-hydrogen) atoms. The Labute approximate surface area is 165 Å². The summed E-state index contributed by atoms with van der Waals surface area (Å²) in [7, 11) is 0. The summed E-state index contributed by atoms with van der Waals surface area (Å²) in [5.74, 6) is 0.387. The van der Waals surface area contributed by atoms with Gasteiger partial charge in [-0.15, -0.1) is 11.6 Å². The highest BCUT2D eigenvalue weighted by atomic mass is 35.5. The van der Waals surface area contributed by atoms with E-state index in [1.165, 1.54) is 24.3 Å². The predicted molar refractivity (Wildman–Crippen MR) is 107 cm³/mol. The van der Waals surface area contributed by atoms with Gasteiger partial charge in [-0.05, 0) is 54.8 Å². The number of hydrogen-bond acceptors (Lipinski definition) is 2. The molecular weight excluding hydrogens is 366 g/mol. The molecule has 0 saturated carbocycles. The smallest absolute Gasteiger partial charge is 0.123 e. The highest BCUT2D eigenvalue weighted by Gasteiger charge is 2.18. The maximum Gasteiger partial charge on any atom is 0.123 e. The van der Waals surface area contributed by atoms with E-state index in [4.69, 9.17) is 11.6 Å². The van der Waals surface area contributed by atoms with Crippen molar-refractivity contribution >= 4 is 11.6 Å². The first-order chi connectivity index (χ1) is 13.2. The van der Waals surface area contributed by atoms with Crippen LogP contribution in [0, 0.1) is 11.6 Å². The largest absolute Gasteiger partial charge is 0.301 e. The first kappa shape index (κ1) is 20.2. The van der Waals surface area contributed by atoms with Crippen LogP contribution in [0.2, 0.25) is 0 Å². The van der Waals surface area contributed by atoms with Crippen molar-refractivity contribution in [3.05, 3.63) is 71.3 Å². The van der Waals surface area contributed by atoms with E-state index in [0.29, 0.717) is 5.88 Å². The maximum atomic E-state index is 13.3. The fourth-order valence-electron chi connectivity index (χ4n) is 3.79. The molecule has 0 amide bonds. The van der Waals surface area contributed by atoms with Crippen LogP contribution in [0.4, 0.5) is 8.78 Å². The second-order valence-corrected chi connectivity index (χ2v) is 7.55. The molecule has 0 atom stereocenters. The van der Waals surface area contributed by atoms with E-state index in [2.05, 4.69) is 9.80 Å². The quantitative estimate of drug-likeness (QED) is 0.599. The Bertz CT molecular complexity index is 637. The predicted octanol–water partition coefficient (Wildman–Crippen LogP) is 4.73. The van der Waals surface area contributed by atoms with Gasteiger partial charge in [-0.3, -0.25) is 4.90 Å². The van der Waals surface area contributed by atoms with Crippen LogP contribution in [0.3, 0.4) is 0 Å². The molecule has 0 bridgehead atoms. The Balaban J connectivity index is 1.59. The molecule has 0 aliphatic carbocycles. The van der Waals surface area contributed by atoms with Gasteiger partial charge in [0, 0.05) is 44.5 Å². The molecule has 1 saturated heterocycles. The molecule has 5 heteroatoms. The lowest BCUT2D eigenvalue weighted by atomic mass is 9.87. The third kappa shape index (κ3) is 6.00. The van der Waals surface area contributed by atoms with Gasteiger partial charge in [0.05, 0.1) is 0 Å². The Morgan fingerprint density at radius 1 is 0.741 bits per heavy atom. The molecule has 0 N–H and O–H groups in total. The zero-order chi connectivity index (χ0) is 19.1. The van der Waals surface area contributed by atoms with Gasteiger partial charge in [0.1, 0.15) is 11.6 Å². The molecule has 1 heterocycles. The molecule has 1 fully saturated rings. The molecule has 0 unspecified atom stereocenters. The van der Waals surface area contributed by atoms with E-state index >= 15 is 0 Å². The molecule has 146 valence electrons. The number of benzene rings is 2. The number of rotatable bonds is 8. The van der Waals surface area contributed by atoms with Crippen LogP contribution in [0.1, 0.15) is 29.9 Å². The Morgan fingerprint density at radius 2 is 1.19 bits per heavy atom. The minimum atomic E-state index is -0.230. The van der Waals surface area contributed by atoms with Crippen molar-refractivity contribution in [1.29, 1.82) is 0 Å². The van der Waals surface area contributed by atoms with Gasteiger partial charge in [-0.2, -0.15) is 0 Å². The van der Waals surface area contributed by atoms with Crippen LogP contribution >= 0.6 is 11.6 Å². The van der Waals surface area contributed by atoms with Crippen molar-refractivity contribution in [2.75, 3.05) is 45.1 Å². The molecule has 0 aromatic heterocycles. The van der Waals surface area contributed by atoms with E-state index in [-0.39, 0.29) is 17.6 Å². The minimum Gasteiger partial charge on any atom is -0.301 e. The molecule has 1 aliphatic rings. The van der Waals surface area contributed by atoms with Crippen LogP contribution in [0.5, 0.6) is 0 Å². The first-order valence-electron chi connectivity index (χ1n) is 9.67. The van der Waals surface area contributed by atoms with Crippen molar-refractivity contribution in [2.24, 2.45) is 0 Å². The second kappa shape index (κ2) is 10.2. The van der Waals surface area contributed by atoms with Gasteiger partial charge in [0.15, 0.2) is 0 Å². The number of piperazine rings is 1. The van der Waals surface area contributed by atoms with Crippen molar-refractivity contribution in [2.45, 2.75) is 18.8 Å². The summed E-state index contributed by atoms with van der Waals surface area (Å²) in [5.41, 5.74) is 2.16. The van der Waals surface area contributed by atoms with E-state index in [1.807, 2.05) is 24.3 Å². The summed E-state index contributed by atoms with van der Waals surface area (Å²) < 4.78 is 26.6. The average Bonchev–Trinajstić information content (AvgIpc) is 2.69. The third-order valence-electron chi connectivity index (χ3n) is 5.38. The summed E-state index contributed by atoms with van der Waals surface area (Å²) in [6, 6.07) is 13.4. The fourth-order valence-corrected chi connectivity index (χ4v) is 4.03. The first-order valence-corrected chi connectivity index (χ1v) is 10.2. The molecule has 1 aliphatic heterocycles. The molecule has 2 aromatic carbocycles. The normalized spacial score (nSPS) is 16.1. The summed E-state index contributed by atoms with van der Waals surface area (Å²) in [6.07, 6.45) is 2.01. The van der Waals surface area contributed by atoms with Crippen molar-refractivity contribution in [3.63, 3.8) is 0 Å². The van der Waals surface area contributed by atoms with Crippen LogP contribution in [0.25, 0.3) is 0 Å². The number of alkyl halides is 1. The van der Waals surface area contributed by atoms with Gasteiger partial charge in [0.2, 0.25) is 0 Å². The SMILES string of the molecule is Fc1ccc(C(CCCN2CCN(CCCl)CC2)c2ccc(F)cc2)cc1. The zero-order valence-electron chi connectivity index (χ0n) is 15.6. The molecule has 2 aromatic rings. The van der Waals surface area contributed by atoms with Crippen molar-refractivity contribution < 1.29 is 8.78 Å². The molecular formula is C22H27ClF2N2. The standard InChI is InChI=1S/C22H27ClF2N2/c23-11-13-27-16-14-26(15-17-27)12-1-2-22(18-3-7-20(24)8-4-18)19-5-9-21(25)10-6-19/h3-10,22H,1-2,11-17H2. The van der Waals surface area contributed by atoms with Crippen molar-refractivity contribution in [1.82, 2.24) is 9.80 Å². The van der Waals surface area contributed by atoms with E-state index in [9.17, 15) is 8.78 Å². The van der Waals surface area contributed by atoms with Crippen LogP contribution in [0.15, 0.2) is 48.5 Å². The molecule has 2 nitrogen and oxygen atoms in total. The summed E-state index contributed by atoms with van der Waals surface area (Å²) in [4.78, 5) is 4.90. The molecule has 3 rings (SSSR count). The fraction of sp³-hybridized carbons (Fsp3) is 0.455. The monoisotopic (exact) mass is 392 g/mol. The lowest BCUT2D eigenvalue weighted by Gasteiger charge is -2.34. The molecule has 0 spiro atoms. The van der Waals surface area contributed by atoms with E-state index in [0.717, 1.165) is 63.2 Å². The topological polar surface area (TPSA) is 6.48 Å². The van der Waals surface area contributed by atoms with Gasteiger partial charge in [-0.1, -0.05) is 24.3 Å². The molecule has 0 radical (unpaired) electrons. The van der Waals surface area contributed by atoms with Gasteiger partial charge < -0.3 is 4.90 Å². The van der Waals surface area contributed by atoms with Crippen molar-refractivity contribution in [3.8, 4) is 0 Å². The maximum absolute atomic E-state index is 13.3. The minimum absolute atomic E-state index is 0.156. The number of nitrogens with zero attached hydrogens (tertiary/aromatic N) is 2. The van der Waals surface area contributed by atoms with Crippen LogP contribution in [-0.2, 0) is 0 Å². The van der Waals surface area contributed by atoms with Crippen LogP contribution in [-0.4, -0.2) is 54.9 Å². The highest BCUT2D eigenvalue weighted by molar-refractivity contribution is 6.18. The van der Waals surface area contributed by atoms with E-state index in [1.54, 1.807) is 0 Å². The van der Waals surface area contributed by atoms with E-state index < -0.39 is 0 Å². The second-order valence-electron chi connectivity index (χ2n) is 7.17. The van der Waals surface area contributed by atoms with Gasteiger partial charge >= 0.3 is 0 Å². The highest BCUT2D eigenvalue weighted by Crippen LogP contribution is 2.29. The Kier molecular flexibility index (Phi) is 7.62. The summed E-state index contributed by atoms with van der Waals surface area (Å²) in [6.45, 7) is 6.32. The van der Waals surface area contributed by atoms with Gasteiger partial charge in [-0.25, -0.2) is 8.78 Å². The Morgan fingerprint density at radius 3 is 1.63 bits per heavy atom. The zero-order valence-corrected chi connectivity index (χ0v) is 16.3.